The first-order chi connectivity index (χ1) is 15.1. The normalized spacial score (nSPS) is 11.2. The van der Waals surface area contributed by atoms with Gasteiger partial charge < -0.3 is 14.6 Å². The van der Waals surface area contributed by atoms with Crippen LogP contribution >= 0.6 is 23.7 Å². The molecule has 2 aromatic carbocycles. The number of nitrogens with one attached hydrogen (secondary N) is 1. The number of thiazole rings is 1. The van der Waals surface area contributed by atoms with Crippen molar-refractivity contribution in [1.29, 1.82) is 0 Å². The third kappa shape index (κ3) is 4.46. The van der Waals surface area contributed by atoms with Crippen LogP contribution in [0.4, 0.5) is 5.13 Å². The number of fused-ring (bicyclic) bond motifs is 2. The lowest BCUT2D eigenvalue weighted by molar-refractivity contribution is 0.0985. The van der Waals surface area contributed by atoms with E-state index in [-0.39, 0.29) is 18.3 Å². The highest BCUT2D eigenvalue weighted by atomic mass is 35.5. The van der Waals surface area contributed by atoms with E-state index in [1.807, 2.05) is 41.3 Å². The third-order valence-corrected chi connectivity index (χ3v) is 6.96. The quantitative estimate of drug-likeness (QED) is 0.367. The number of halogens is 1. The highest BCUT2D eigenvalue weighted by Crippen LogP contribution is 2.37. The minimum Gasteiger partial charge on any atom is -0.494 e. The monoisotopic (exact) mass is 472 g/mol. The molecule has 6 nitrogen and oxygen atoms in total. The number of amides is 1. The maximum atomic E-state index is 13.7. The summed E-state index contributed by atoms with van der Waals surface area (Å²) in [6.45, 7) is 9.58. The lowest BCUT2D eigenvalue weighted by Gasteiger charge is -2.24. The van der Waals surface area contributed by atoms with Gasteiger partial charge in [-0.1, -0.05) is 49.4 Å². The molecule has 4 rings (SSSR count). The summed E-state index contributed by atoms with van der Waals surface area (Å²) in [5.41, 5.74) is 3.55. The molecule has 0 unspecified atom stereocenters. The van der Waals surface area contributed by atoms with Gasteiger partial charge in [0.05, 0.1) is 17.4 Å². The van der Waals surface area contributed by atoms with Crippen molar-refractivity contribution in [3.05, 3.63) is 53.7 Å². The smallest absolute Gasteiger partial charge is 0.262 e. The second-order valence-corrected chi connectivity index (χ2v) is 8.47. The minimum absolute atomic E-state index is 0. The van der Waals surface area contributed by atoms with Gasteiger partial charge in [-0.3, -0.25) is 9.69 Å². The number of aromatic nitrogens is 2. The number of carbonyl (C=O) groups excluding carboxylic acids is 1. The Bertz CT molecular complexity index is 1220. The van der Waals surface area contributed by atoms with Crippen molar-refractivity contribution in [2.45, 2.75) is 20.8 Å². The molecule has 0 aliphatic rings. The van der Waals surface area contributed by atoms with E-state index in [4.69, 9.17) is 9.72 Å². The summed E-state index contributed by atoms with van der Waals surface area (Å²) in [6.07, 6.45) is 1.80. The topological polar surface area (TPSA) is 61.5 Å². The average molecular weight is 473 g/mol. The molecule has 4 aromatic rings. The number of nitrogens with zero attached hydrogens (tertiary/aromatic N) is 3. The Morgan fingerprint density at radius 3 is 2.59 bits per heavy atom. The number of aryl methyl sites for hydroxylation is 1. The molecule has 0 saturated carbocycles. The summed E-state index contributed by atoms with van der Waals surface area (Å²) in [4.78, 5) is 26.0. The van der Waals surface area contributed by atoms with Crippen molar-refractivity contribution in [2.24, 2.45) is 0 Å². The predicted molar refractivity (Wildman–Crippen MR) is 136 cm³/mol. The zero-order valence-corrected chi connectivity index (χ0v) is 20.5. The van der Waals surface area contributed by atoms with Gasteiger partial charge in [0.25, 0.3) is 5.91 Å². The molecule has 1 N–H and O–H groups in total. The van der Waals surface area contributed by atoms with E-state index >= 15 is 0 Å². The molecule has 0 fully saturated rings. The number of para-hydroxylation sites is 1. The van der Waals surface area contributed by atoms with Gasteiger partial charge >= 0.3 is 0 Å². The lowest BCUT2D eigenvalue weighted by Crippen LogP contribution is -2.38. The van der Waals surface area contributed by atoms with Crippen LogP contribution in [0, 0.1) is 6.92 Å². The fraction of sp³-hybridized carbons (Fsp3) is 0.333. The van der Waals surface area contributed by atoms with Crippen molar-refractivity contribution < 1.29 is 9.53 Å². The highest BCUT2D eigenvalue weighted by molar-refractivity contribution is 7.22. The van der Waals surface area contributed by atoms with Gasteiger partial charge in [0.2, 0.25) is 0 Å². The SMILES string of the molecule is CCN(CC)CCN(C(=O)c1c[nH]c2ccccc12)c1nc2c(OC)ccc(C)c2s1.Cl. The number of aromatic amines is 1. The molecular weight excluding hydrogens is 444 g/mol. The Balaban J connectivity index is 0.00000289. The molecule has 2 aromatic heterocycles. The van der Waals surface area contributed by atoms with E-state index in [0.29, 0.717) is 17.2 Å². The zero-order chi connectivity index (χ0) is 22.0. The Hall–Kier alpha value is -2.61. The number of benzene rings is 2. The molecule has 0 bridgehead atoms. The van der Waals surface area contributed by atoms with Gasteiger partial charge in [-0.05, 0) is 37.7 Å². The number of rotatable bonds is 8. The zero-order valence-electron chi connectivity index (χ0n) is 18.8. The van der Waals surface area contributed by atoms with Crippen molar-refractivity contribution >= 4 is 55.9 Å². The van der Waals surface area contributed by atoms with Crippen molar-refractivity contribution in [3.63, 3.8) is 0 Å². The maximum absolute atomic E-state index is 13.7. The van der Waals surface area contributed by atoms with Gasteiger partial charge in [-0.2, -0.15) is 0 Å². The maximum Gasteiger partial charge on any atom is 0.262 e. The molecular formula is C24H29ClN4O2S. The summed E-state index contributed by atoms with van der Waals surface area (Å²) in [6, 6.07) is 11.9. The fourth-order valence-electron chi connectivity index (χ4n) is 3.84. The van der Waals surface area contributed by atoms with E-state index in [0.717, 1.165) is 52.1 Å². The first kappa shape index (κ1) is 24.0. The van der Waals surface area contributed by atoms with Crippen LogP contribution in [0.25, 0.3) is 21.1 Å². The van der Waals surface area contributed by atoms with Gasteiger partial charge in [0, 0.05) is 30.2 Å². The van der Waals surface area contributed by atoms with Crippen LogP contribution in [-0.2, 0) is 0 Å². The largest absolute Gasteiger partial charge is 0.494 e. The number of likely N-dealkylation sites (N-methyl/N-ethyl adjacent to an activating group) is 1. The summed E-state index contributed by atoms with van der Waals surface area (Å²) in [5.74, 6) is 0.687. The van der Waals surface area contributed by atoms with Crippen molar-refractivity contribution in [3.8, 4) is 5.75 Å². The Labute approximate surface area is 198 Å². The molecule has 170 valence electrons. The fourth-order valence-corrected chi connectivity index (χ4v) is 4.91. The summed E-state index contributed by atoms with van der Waals surface area (Å²) >= 11 is 1.54. The van der Waals surface area contributed by atoms with Gasteiger partial charge in [-0.25, -0.2) is 4.98 Å². The summed E-state index contributed by atoms with van der Waals surface area (Å²) in [7, 11) is 1.65. The number of carbonyl (C=O) groups is 1. The molecule has 0 aliphatic carbocycles. The van der Waals surface area contributed by atoms with E-state index in [1.54, 1.807) is 24.6 Å². The minimum atomic E-state index is -0.0414. The number of hydrogen-bond donors (Lipinski definition) is 1. The molecule has 0 aliphatic heterocycles. The van der Waals surface area contributed by atoms with E-state index in [1.165, 1.54) is 0 Å². The van der Waals surface area contributed by atoms with Crippen LogP contribution in [-0.4, -0.2) is 54.1 Å². The number of anilines is 1. The molecule has 0 spiro atoms. The molecule has 8 heteroatoms. The second-order valence-electron chi connectivity index (χ2n) is 7.49. The number of ether oxygens (including phenoxy) is 1. The Kier molecular flexibility index (Phi) is 7.77. The van der Waals surface area contributed by atoms with E-state index in [9.17, 15) is 4.79 Å². The van der Waals surface area contributed by atoms with E-state index < -0.39 is 0 Å². The summed E-state index contributed by atoms with van der Waals surface area (Å²) < 4.78 is 6.58. The van der Waals surface area contributed by atoms with Gasteiger partial charge in [0.15, 0.2) is 5.13 Å². The first-order valence-electron chi connectivity index (χ1n) is 10.6. The van der Waals surface area contributed by atoms with Crippen molar-refractivity contribution in [2.75, 3.05) is 38.2 Å². The van der Waals surface area contributed by atoms with Crippen LogP contribution in [0.5, 0.6) is 5.75 Å². The molecule has 0 radical (unpaired) electrons. The third-order valence-electron chi connectivity index (χ3n) is 5.74. The standard InChI is InChI=1S/C24H28N4O2S.ClH/c1-5-27(6-2)13-14-28(23(29)18-15-25-19-10-8-7-9-17(18)19)24-26-21-20(30-4)12-11-16(3)22(21)31-24;/h7-12,15,25H,5-6,13-14H2,1-4H3;1H. The Morgan fingerprint density at radius 2 is 1.88 bits per heavy atom. The molecule has 1 amide bonds. The molecule has 32 heavy (non-hydrogen) atoms. The molecule has 0 atom stereocenters. The van der Waals surface area contributed by atoms with Crippen LogP contribution in [0.15, 0.2) is 42.6 Å². The van der Waals surface area contributed by atoms with Gasteiger partial charge in [0.1, 0.15) is 11.3 Å². The van der Waals surface area contributed by atoms with E-state index in [2.05, 4.69) is 30.7 Å². The average Bonchev–Trinajstić information content (AvgIpc) is 3.42. The second kappa shape index (κ2) is 10.3. The molecule has 2 heterocycles. The van der Waals surface area contributed by atoms with Crippen LogP contribution in [0.1, 0.15) is 29.8 Å². The number of H-pyrrole nitrogens is 1. The van der Waals surface area contributed by atoms with Crippen LogP contribution < -0.4 is 9.64 Å². The Morgan fingerprint density at radius 1 is 1.12 bits per heavy atom. The highest BCUT2D eigenvalue weighted by Gasteiger charge is 2.25. The number of methoxy groups -OCH3 is 1. The summed E-state index contributed by atoms with van der Waals surface area (Å²) in [5, 5.41) is 1.63. The first-order valence-corrected chi connectivity index (χ1v) is 11.4. The van der Waals surface area contributed by atoms with Gasteiger partial charge in [-0.15, -0.1) is 12.4 Å². The van der Waals surface area contributed by atoms with Crippen LogP contribution in [0.2, 0.25) is 0 Å². The van der Waals surface area contributed by atoms with Crippen LogP contribution in [0.3, 0.4) is 0 Å². The van der Waals surface area contributed by atoms with Crippen molar-refractivity contribution in [1.82, 2.24) is 14.9 Å². The predicted octanol–water partition coefficient (Wildman–Crippen LogP) is 5.51. The lowest BCUT2D eigenvalue weighted by atomic mass is 10.1. The number of hydrogen-bond acceptors (Lipinski definition) is 5. The molecule has 0 saturated heterocycles.